The minimum Gasteiger partial charge on any atom is -0.497 e. The van der Waals surface area contributed by atoms with Crippen LogP contribution in [0, 0.1) is 10.1 Å². The average molecular weight is 444 g/mol. The van der Waals surface area contributed by atoms with Crippen molar-refractivity contribution in [3.05, 3.63) is 87.4 Å². The Morgan fingerprint density at radius 2 is 1.97 bits per heavy atom. The molecule has 2 aliphatic rings. The van der Waals surface area contributed by atoms with Gasteiger partial charge in [-0.1, -0.05) is 12.1 Å². The normalized spacial score (nSPS) is 17.0. The predicted molar refractivity (Wildman–Crippen MR) is 120 cm³/mol. The summed E-state index contributed by atoms with van der Waals surface area (Å²) in [6, 6.07) is 13.6. The fraction of sp³-hybridized carbons (Fsp3) is 0.208. The molecular formula is C24H20N4O5. The summed E-state index contributed by atoms with van der Waals surface area (Å²) in [4.78, 5) is 32.8. The van der Waals surface area contributed by atoms with E-state index in [2.05, 4.69) is 15.3 Å². The smallest absolute Gasteiger partial charge is 0.269 e. The fourth-order valence-electron chi connectivity index (χ4n) is 4.31. The molecule has 0 saturated heterocycles. The molecule has 9 heteroatoms. The summed E-state index contributed by atoms with van der Waals surface area (Å²) in [5.74, 6) is 1.48. The van der Waals surface area contributed by atoms with Gasteiger partial charge in [-0.05, 0) is 36.2 Å². The third kappa shape index (κ3) is 3.78. The summed E-state index contributed by atoms with van der Waals surface area (Å²) >= 11 is 0. The molecule has 1 N–H and O–H groups in total. The molecule has 1 atom stereocenters. The number of aromatic nitrogens is 2. The highest BCUT2D eigenvalue weighted by atomic mass is 16.6. The van der Waals surface area contributed by atoms with Crippen LogP contribution in [0.3, 0.4) is 0 Å². The monoisotopic (exact) mass is 444 g/mol. The maximum atomic E-state index is 13.0. The molecule has 3 aromatic rings. The highest BCUT2D eigenvalue weighted by Crippen LogP contribution is 2.48. The van der Waals surface area contributed by atoms with Gasteiger partial charge in [0.2, 0.25) is 5.88 Å². The van der Waals surface area contributed by atoms with Gasteiger partial charge < -0.3 is 14.8 Å². The topological polar surface area (TPSA) is 116 Å². The average Bonchev–Trinajstić information content (AvgIpc) is 2.83. The van der Waals surface area contributed by atoms with E-state index >= 15 is 0 Å². The van der Waals surface area contributed by atoms with Crippen LogP contribution in [0.1, 0.15) is 36.3 Å². The third-order valence-corrected chi connectivity index (χ3v) is 5.82. The summed E-state index contributed by atoms with van der Waals surface area (Å²) in [6.45, 7) is 0. The van der Waals surface area contributed by atoms with Crippen LogP contribution in [0.15, 0.2) is 66.2 Å². The number of nitro benzene ring substituents is 1. The lowest BCUT2D eigenvalue weighted by Crippen LogP contribution is -2.27. The van der Waals surface area contributed by atoms with Crippen molar-refractivity contribution in [2.75, 3.05) is 12.4 Å². The molecule has 0 radical (unpaired) electrons. The minimum absolute atomic E-state index is 0.0299. The number of fused-ring (bicyclic) bond motifs is 1. The molecule has 0 fully saturated rings. The Kier molecular flexibility index (Phi) is 5.21. The quantitative estimate of drug-likeness (QED) is 0.446. The number of Topliss-reactive ketones (excluding diaryl/α,β-unsaturated/α-hetero) is 1. The van der Waals surface area contributed by atoms with Crippen LogP contribution in [0.25, 0.3) is 0 Å². The molecule has 1 unspecified atom stereocenters. The molecule has 9 nitrogen and oxygen atoms in total. The van der Waals surface area contributed by atoms with Crippen LogP contribution in [-0.2, 0) is 4.79 Å². The number of carbonyl (C=O) groups is 1. The zero-order valence-corrected chi connectivity index (χ0v) is 17.8. The number of benzene rings is 2. The van der Waals surface area contributed by atoms with Crippen molar-refractivity contribution >= 4 is 23.0 Å². The zero-order valence-electron chi connectivity index (χ0n) is 17.8. The summed E-state index contributed by atoms with van der Waals surface area (Å²) in [7, 11) is 1.59. The van der Waals surface area contributed by atoms with Gasteiger partial charge in [-0.3, -0.25) is 14.9 Å². The Morgan fingerprint density at radius 1 is 1.15 bits per heavy atom. The van der Waals surface area contributed by atoms with Crippen molar-refractivity contribution < 1.29 is 19.2 Å². The molecule has 33 heavy (non-hydrogen) atoms. The van der Waals surface area contributed by atoms with Crippen LogP contribution >= 0.6 is 0 Å². The molecule has 1 aliphatic carbocycles. The Hall–Kier alpha value is -4.27. The first-order valence-electron chi connectivity index (χ1n) is 10.5. The molecule has 1 aromatic heterocycles. The van der Waals surface area contributed by atoms with Gasteiger partial charge in [0, 0.05) is 36.2 Å². The van der Waals surface area contributed by atoms with E-state index in [1.807, 2.05) is 24.3 Å². The molecule has 0 bridgehead atoms. The number of allylic oxidation sites excluding steroid dienone is 2. The number of methoxy groups -OCH3 is 1. The lowest BCUT2D eigenvalue weighted by Gasteiger charge is -2.32. The maximum absolute atomic E-state index is 13.0. The van der Waals surface area contributed by atoms with Gasteiger partial charge in [-0.25, -0.2) is 9.97 Å². The first kappa shape index (κ1) is 20.6. The molecule has 5 rings (SSSR count). The van der Waals surface area contributed by atoms with Crippen LogP contribution in [0.2, 0.25) is 0 Å². The van der Waals surface area contributed by atoms with E-state index in [4.69, 9.17) is 9.47 Å². The van der Waals surface area contributed by atoms with Crippen molar-refractivity contribution in [1.29, 1.82) is 0 Å². The van der Waals surface area contributed by atoms with E-state index in [9.17, 15) is 14.9 Å². The van der Waals surface area contributed by atoms with Gasteiger partial charge in [0.05, 0.1) is 23.5 Å². The second-order valence-corrected chi connectivity index (χ2v) is 7.80. The van der Waals surface area contributed by atoms with E-state index in [1.165, 1.54) is 18.5 Å². The molecular weight excluding hydrogens is 424 g/mol. The maximum Gasteiger partial charge on any atom is 0.269 e. The fourth-order valence-corrected chi connectivity index (χ4v) is 4.31. The summed E-state index contributed by atoms with van der Waals surface area (Å²) in [5.41, 5.74) is 2.41. The zero-order chi connectivity index (χ0) is 22.9. The first-order valence-corrected chi connectivity index (χ1v) is 10.5. The molecule has 2 heterocycles. The number of ether oxygens (including phenoxy) is 2. The standard InChI is InChI=1S/C24H20N4O5/c1-32-17-10-8-15(9-11-17)27-23-22-20(14-4-2-5-16(12-14)28(30)31)21-18(29)6-3-7-19(21)33-24(22)26-13-25-23/h2,4-5,8-13,20H,3,6-7H2,1H3,(H,25,26,27). The molecule has 1 aliphatic heterocycles. The van der Waals surface area contributed by atoms with Gasteiger partial charge in [-0.2, -0.15) is 0 Å². The Bertz CT molecular complexity index is 1290. The van der Waals surface area contributed by atoms with Crippen molar-refractivity contribution in [3.8, 4) is 11.6 Å². The second-order valence-electron chi connectivity index (χ2n) is 7.80. The molecule has 166 valence electrons. The van der Waals surface area contributed by atoms with Gasteiger partial charge in [0.15, 0.2) is 5.78 Å². The predicted octanol–water partition coefficient (Wildman–Crippen LogP) is 4.67. The highest BCUT2D eigenvalue weighted by Gasteiger charge is 2.39. The molecule has 0 amide bonds. The summed E-state index contributed by atoms with van der Waals surface area (Å²) in [5, 5.41) is 14.7. The lowest BCUT2D eigenvalue weighted by molar-refractivity contribution is -0.384. The van der Waals surface area contributed by atoms with Crippen LogP contribution in [-0.4, -0.2) is 27.8 Å². The number of rotatable bonds is 5. The van der Waals surface area contributed by atoms with Crippen molar-refractivity contribution in [2.45, 2.75) is 25.2 Å². The number of non-ortho nitro benzene ring substituents is 1. The molecule has 2 aromatic carbocycles. The van der Waals surface area contributed by atoms with Gasteiger partial charge in [0.25, 0.3) is 5.69 Å². The molecule has 0 saturated carbocycles. The highest BCUT2D eigenvalue weighted by molar-refractivity contribution is 6.00. The lowest BCUT2D eigenvalue weighted by atomic mass is 9.77. The van der Waals surface area contributed by atoms with E-state index < -0.39 is 10.8 Å². The summed E-state index contributed by atoms with van der Waals surface area (Å²) in [6.07, 6.45) is 3.09. The van der Waals surface area contributed by atoms with E-state index in [0.717, 1.165) is 5.69 Å². The first-order chi connectivity index (χ1) is 16.0. The Morgan fingerprint density at radius 3 is 2.73 bits per heavy atom. The second kappa shape index (κ2) is 8.34. The Balaban J connectivity index is 1.66. The van der Waals surface area contributed by atoms with Crippen molar-refractivity contribution in [1.82, 2.24) is 9.97 Å². The Labute approximate surface area is 189 Å². The van der Waals surface area contributed by atoms with Gasteiger partial charge in [-0.15, -0.1) is 0 Å². The largest absolute Gasteiger partial charge is 0.497 e. The number of hydrogen-bond acceptors (Lipinski definition) is 8. The number of hydrogen-bond donors (Lipinski definition) is 1. The molecule has 0 spiro atoms. The summed E-state index contributed by atoms with van der Waals surface area (Å²) < 4.78 is 11.3. The third-order valence-electron chi connectivity index (χ3n) is 5.82. The van der Waals surface area contributed by atoms with Crippen molar-refractivity contribution in [3.63, 3.8) is 0 Å². The number of nitrogens with zero attached hydrogens (tertiary/aromatic N) is 3. The van der Waals surface area contributed by atoms with E-state index in [0.29, 0.717) is 59.2 Å². The SMILES string of the molecule is COc1ccc(Nc2ncnc3c2C(c2cccc([N+](=O)[O-])c2)C2=C(CCCC2=O)O3)cc1. The van der Waals surface area contributed by atoms with Crippen LogP contribution in [0.5, 0.6) is 11.6 Å². The number of carbonyl (C=O) groups excluding carboxylic acids is 1. The van der Waals surface area contributed by atoms with E-state index in [1.54, 1.807) is 19.2 Å². The number of nitro groups is 1. The minimum atomic E-state index is -0.585. The number of ketones is 1. The number of nitrogens with one attached hydrogen (secondary N) is 1. The van der Waals surface area contributed by atoms with Gasteiger partial charge >= 0.3 is 0 Å². The van der Waals surface area contributed by atoms with Crippen molar-refractivity contribution in [2.24, 2.45) is 0 Å². The number of anilines is 2. The van der Waals surface area contributed by atoms with Crippen LogP contribution < -0.4 is 14.8 Å². The van der Waals surface area contributed by atoms with Crippen LogP contribution in [0.4, 0.5) is 17.2 Å². The van der Waals surface area contributed by atoms with Gasteiger partial charge in [0.1, 0.15) is 23.7 Å². The van der Waals surface area contributed by atoms with E-state index in [-0.39, 0.29) is 11.5 Å².